The fourth-order valence-electron chi connectivity index (χ4n) is 2.25. The van der Waals surface area contributed by atoms with Crippen molar-refractivity contribution in [3.8, 4) is 0 Å². The molecule has 0 aromatic heterocycles. The van der Waals surface area contributed by atoms with Crippen LogP contribution in [0.4, 0.5) is 14.9 Å². The quantitative estimate of drug-likeness (QED) is 0.282. The third-order valence-electron chi connectivity index (χ3n) is 3.49. The van der Waals surface area contributed by atoms with Crippen LogP contribution in [0.1, 0.15) is 33.1 Å². The fourth-order valence-corrected chi connectivity index (χ4v) is 8.49. The highest BCUT2D eigenvalue weighted by atomic mass is 32.5. The standard InChI is InChI=1S/C17H30FN2O3PS2/c1-4-6-7-12-26(13-11-18)24(19,22-5-2)23-17(21)20-15-9-8-10-16(14-15)25-3/h8-10,14H,4-7,11-13,19H2,1-3H3,(H,20,21). The molecule has 2 atom stereocenters. The second-order valence-corrected chi connectivity index (χ2v) is 12.7. The number of anilines is 1. The summed E-state index contributed by atoms with van der Waals surface area (Å²) < 4.78 is 24.3. The normalized spacial score (nSPS) is 14.5. The van der Waals surface area contributed by atoms with E-state index in [1.165, 1.54) is 0 Å². The van der Waals surface area contributed by atoms with E-state index in [0.717, 1.165) is 29.9 Å². The lowest BCUT2D eigenvalue weighted by Gasteiger charge is -2.25. The molecule has 0 fully saturated rings. The third kappa shape index (κ3) is 8.01. The maximum Gasteiger partial charge on any atom is 0.417 e. The molecule has 1 amide bonds. The summed E-state index contributed by atoms with van der Waals surface area (Å²) >= 11 is 1.58. The molecule has 0 spiro atoms. The van der Waals surface area contributed by atoms with Crippen LogP contribution in [-0.2, 0) is 19.1 Å². The molecule has 0 aliphatic rings. The van der Waals surface area contributed by atoms with Gasteiger partial charge in [-0.3, -0.25) is 15.2 Å². The van der Waals surface area contributed by atoms with Gasteiger partial charge in [0.05, 0.1) is 13.3 Å². The highest BCUT2D eigenvalue weighted by Crippen LogP contribution is 2.46. The molecule has 1 rings (SSSR count). The van der Waals surface area contributed by atoms with Crippen LogP contribution in [0, 0.1) is 0 Å². The zero-order valence-corrected chi connectivity index (χ0v) is 18.2. The second-order valence-electron chi connectivity index (χ2n) is 5.46. The van der Waals surface area contributed by atoms with E-state index in [0.29, 0.717) is 12.3 Å². The smallest absolute Gasteiger partial charge is 0.388 e. The molecule has 0 aliphatic carbocycles. The molecule has 9 heteroatoms. The van der Waals surface area contributed by atoms with Gasteiger partial charge in [0.15, 0.2) is 0 Å². The van der Waals surface area contributed by atoms with E-state index in [4.69, 9.17) is 14.6 Å². The van der Waals surface area contributed by atoms with Crippen molar-refractivity contribution in [2.24, 2.45) is 5.50 Å². The van der Waals surface area contributed by atoms with Gasteiger partial charge in [0.2, 0.25) is 0 Å². The Labute approximate surface area is 162 Å². The van der Waals surface area contributed by atoms with Crippen molar-refractivity contribution in [2.75, 3.05) is 36.4 Å². The number of nitrogens with two attached hydrogens (primary N) is 1. The van der Waals surface area contributed by atoms with Crippen LogP contribution >= 0.6 is 18.4 Å². The van der Waals surface area contributed by atoms with Gasteiger partial charge in [-0.2, -0.15) is 0 Å². The highest BCUT2D eigenvalue weighted by Gasteiger charge is 2.24. The first-order valence-electron chi connectivity index (χ1n) is 8.70. The molecule has 0 saturated heterocycles. The molecule has 0 bridgehead atoms. The molecule has 26 heavy (non-hydrogen) atoms. The predicted molar refractivity (Wildman–Crippen MR) is 114 cm³/mol. The first kappa shape index (κ1) is 23.5. The first-order valence-corrected chi connectivity index (χ1v) is 13.8. The number of hydrogen-bond donors (Lipinski definition) is 2. The van der Waals surface area contributed by atoms with Crippen molar-refractivity contribution in [2.45, 2.75) is 38.0 Å². The predicted octanol–water partition coefficient (Wildman–Crippen LogP) is 5.41. The topological polar surface area (TPSA) is 73.6 Å². The molecular weight excluding hydrogens is 394 g/mol. The molecule has 1 aromatic carbocycles. The minimum Gasteiger partial charge on any atom is -0.388 e. The van der Waals surface area contributed by atoms with Gasteiger partial charge in [-0.15, -0.1) is 21.8 Å². The van der Waals surface area contributed by atoms with Crippen LogP contribution < -0.4 is 10.8 Å². The Bertz CT molecular complexity index is 632. The lowest BCUT2D eigenvalue weighted by molar-refractivity contribution is 0.208. The number of thioether (sulfide) groups is 1. The van der Waals surface area contributed by atoms with E-state index in [2.05, 4.69) is 12.2 Å². The third-order valence-corrected chi connectivity index (χ3v) is 11.2. The van der Waals surface area contributed by atoms with Crippen molar-refractivity contribution < 1.29 is 18.2 Å². The Kier molecular flexibility index (Phi) is 11.6. The number of unbranched alkanes of at least 4 members (excludes halogenated alkanes) is 2. The Morgan fingerprint density at radius 1 is 1.35 bits per heavy atom. The van der Waals surface area contributed by atoms with Crippen molar-refractivity contribution in [1.29, 1.82) is 0 Å². The number of halogens is 1. The fraction of sp³-hybridized carbons (Fsp3) is 0.588. The van der Waals surface area contributed by atoms with Gasteiger partial charge in [-0.1, -0.05) is 25.8 Å². The number of carbonyl (C=O) groups excluding carboxylic acids is 1. The Morgan fingerprint density at radius 2 is 2.12 bits per heavy atom. The highest BCUT2D eigenvalue weighted by molar-refractivity contribution is 8.29. The van der Waals surface area contributed by atoms with Gasteiger partial charge in [-0.05, 0) is 43.6 Å². The summed E-state index contributed by atoms with van der Waals surface area (Å²) in [7, 11) is -0.609. The molecule has 1 aromatic rings. The monoisotopic (exact) mass is 424 g/mol. The largest absolute Gasteiger partial charge is 0.417 e. The average Bonchev–Trinajstić information content (AvgIpc) is 2.61. The summed E-state index contributed by atoms with van der Waals surface area (Å²) in [6.07, 6.45) is 4.33. The summed E-state index contributed by atoms with van der Waals surface area (Å²) in [5.74, 6) is 0.987. The summed E-state index contributed by atoms with van der Waals surface area (Å²) in [5, 5.41) is 2.70. The molecule has 0 heterocycles. The first-order chi connectivity index (χ1) is 12.5. The van der Waals surface area contributed by atoms with Crippen LogP contribution in [0.2, 0.25) is 0 Å². The van der Waals surface area contributed by atoms with Crippen LogP contribution in [-0.4, -0.2) is 37.1 Å². The molecule has 0 radical (unpaired) electrons. The van der Waals surface area contributed by atoms with Gasteiger partial charge < -0.3 is 9.05 Å². The number of amides is 1. The summed E-state index contributed by atoms with van der Waals surface area (Å²) in [6.45, 7) is 0.751. The summed E-state index contributed by atoms with van der Waals surface area (Å²) in [5.41, 5.74) is 7.01. The van der Waals surface area contributed by atoms with E-state index in [1.54, 1.807) is 24.8 Å². The molecule has 0 saturated carbocycles. The van der Waals surface area contributed by atoms with Gasteiger partial charge in [0, 0.05) is 16.3 Å². The summed E-state index contributed by atoms with van der Waals surface area (Å²) in [6, 6.07) is 7.44. The van der Waals surface area contributed by atoms with Gasteiger partial charge in [0.1, 0.15) is 0 Å². The minimum absolute atomic E-state index is 0.267. The van der Waals surface area contributed by atoms with Crippen LogP contribution in [0.15, 0.2) is 29.2 Å². The maximum atomic E-state index is 13.0. The minimum atomic E-state index is -2.98. The lowest BCUT2D eigenvalue weighted by atomic mass is 10.3. The molecule has 150 valence electrons. The number of benzene rings is 1. The van der Waals surface area contributed by atoms with Gasteiger partial charge in [0.25, 0.3) is 6.64 Å². The number of nitrogens with one attached hydrogen (secondary N) is 1. The number of hydrogen-bond acceptors (Lipinski definition) is 4. The van der Waals surface area contributed by atoms with Gasteiger partial charge in [-0.25, -0.2) is 4.79 Å². The SMILES string of the molecule is CCCCCS(CCF)=P(N)(OCC)OC(=O)Nc1cccc(SC)c1. The zero-order chi connectivity index (χ0) is 19.4. The van der Waals surface area contributed by atoms with Crippen LogP contribution in [0.25, 0.3) is 0 Å². The molecular formula is C17H30FN2O3PS2. The molecule has 5 nitrogen and oxygen atoms in total. The van der Waals surface area contributed by atoms with E-state index >= 15 is 0 Å². The number of carbonyl (C=O) groups is 1. The molecule has 0 aliphatic heterocycles. The van der Waals surface area contributed by atoms with Gasteiger partial charge >= 0.3 is 6.09 Å². The number of rotatable bonds is 11. The average molecular weight is 425 g/mol. The molecule has 3 N–H and O–H groups in total. The van der Waals surface area contributed by atoms with Crippen LogP contribution in [0.3, 0.4) is 0 Å². The van der Waals surface area contributed by atoms with E-state index in [9.17, 15) is 9.18 Å². The van der Waals surface area contributed by atoms with E-state index in [1.807, 2.05) is 24.5 Å². The maximum absolute atomic E-state index is 13.0. The van der Waals surface area contributed by atoms with Crippen molar-refractivity contribution in [1.82, 2.24) is 0 Å². The Hall–Kier alpha value is -0.530. The van der Waals surface area contributed by atoms with E-state index < -0.39 is 29.5 Å². The van der Waals surface area contributed by atoms with E-state index in [-0.39, 0.29) is 5.75 Å². The molecule has 2 unspecified atom stereocenters. The summed E-state index contributed by atoms with van der Waals surface area (Å²) in [4.78, 5) is 13.4. The Morgan fingerprint density at radius 3 is 2.73 bits per heavy atom. The van der Waals surface area contributed by atoms with Crippen LogP contribution in [0.5, 0.6) is 0 Å². The van der Waals surface area contributed by atoms with Crippen molar-refractivity contribution in [3.05, 3.63) is 24.3 Å². The number of alkyl halides is 1. The van der Waals surface area contributed by atoms with Crippen molar-refractivity contribution >= 4 is 40.3 Å². The lowest BCUT2D eigenvalue weighted by Crippen LogP contribution is -2.21. The second kappa shape index (κ2) is 12.8. The Balaban J connectivity index is 2.96. The van der Waals surface area contributed by atoms with Crippen molar-refractivity contribution in [3.63, 3.8) is 0 Å². The zero-order valence-electron chi connectivity index (χ0n) is 15.7.